The number of hydrogen-bond acceptors (Lipinski definition) is 2. The number of anilines is 1. The van der Waals surface area contributed by atoms with E-state index in [4.69, 9.17) is 0 Å². The molecule has 0 spiro atoms. The Balaban J connectivity index is 1.57. The lowest BCUT2D eigenvalue weighted by molar-refractivity contribution is -0.123. The molecule has 0 aliphatic heterocycles. The van der Waals surface area contributed by atoms with Crippen molar-refractivity contribution in [2.75, 3.05) is 5.43 Å². The topological polar surface area (TPSA) is 41.1 Å². The van der Waals surface area contributed by atoms with Crippen LogP contribution in [-0.4, -0.2) is 5.91 Å². The van der Waals surface area contributed by atoms with Gasteiger partial charge >= 0.3 is 0 Å². The molecule has 0 bridgehead atoms. The van der Waals surface area contributed by atoms with Crippen molar-refractivity contribution in [2.24, 2.45) is 11.3 Å². The highest BCUT2D eigenvalue weighted by Crippen LogP contribution is 2.75. The first-order valence-electron chi connectivity index (χ1n) is 4.93. The van der Waals surface area contributed by atoms with Crippen LogP contribution in [0.1, 0.15) is 12.8 Å². The van der Waals surface area contributed by atoms with E-state index < -0.39 is 0 Å². The fourth-order valence-electron chi connectivity index (χ4n) is 1.85. The Bertz CT molecular complexity index is 368. The van der Waals surface area contributed by atoms with E-state index in [9.17, 15) is 4.79 Å². The van der Waals surface area contributed by atoms with E-state index in [1.54, 1.807) is 0 Å². The quantitative estimate of drug-likeness (QED) is 0.706. The van der Waals surface area contributed by atoms with Crippen LogP contribution in [0.5, 0.6) is 0 Å². The van der Waals surface area contributed by atoms with Crippen LogP contribution in [-0.2, 0) is 4.79 Å². The van der Waals surface area contributed by atoms with Gasteiger partial charge in [-0.25, -0.2) is 0 Å². The van der Waals surface area contributed by atoms with Crippen LogP contribution in [0.15, 0.2) is 30.3 Å². The normalized spacial score (nSPS) is 31.6. The van der Waals surface area contributed by atoms with Crippen molar-refractivity contribution in [1.82, 2.24) is 5.43 Å². The minimum atomic E-state index is 0.0434. The zero-order valence-electron chi connectivity index (χ0n) is 7.79. The third-order valence-electron chi connectivity index (χ3n) is 3.23. The van der Waals surface area contributed by atoms with Gasteiger partial charge in [0.05, 0.1) is 11.1 Å². The predicted octanol–water partition coefficient (Wildman–Crippen LogP) is 1.54. The second kappa shape index (κ2) is 2.50. The summed E-state index contributed by atoms with van der Waals surface area (Å²) in [5.41, 5.74) is 6.64. The highest BCUT2D eigenvalue weighted by molar-refractivity contribution is 5.90. The zero-order chi connectivity index (χ0) is 9.60. The number of hydrazine groups is 1. The van der Waals surface area contributed by atoms with Gasteiger partial charge in [0.15, 0.2) is 0 Å². The monoisotopic (exact) mass is 188 g/mol. The van der Waals surface area contributed by atoms with Gasteiger partial charge in [0.25, 0.3) is 0 Å². The lowest BCUT2D eigenvalue weighted by Crippen LogP contribution is -2.32. The zero-order valence-corrected chi connectivity index (χ0v) is 7.79. The maximum Gasteiger partial charge on any atom is 0.244 e. The molecule has 3 heteroatoms. The van der Waals surface area contributed by atoms with Gasteiger partial charge < -0.3 is 0 Å². The summed E-state index contributed by atoms with van der Waals surface area (Å²) in [6.07, 6.45) is 2.19. The van der Waals surface area contributed by atoms with Crippen LogP contribution in [0, 0.1) is 11.3 Å². The van der Waals surface area contributed by atoms with Gasteiger partial charge in [-0.1, -0.05) is 18.2 Å². The highest BCUT2D eigenvalue weighted by Gasteiger charge is 2.74. The molecule has 2 fully saturated rings. The highest BCUT2D eigenvalue weighted by atomic mass is 16.2. The molecule has 3 rings (SSSR count). The summed E-state index contributed by atoms with van der Waals surface area (Å²) in [6.45, 7) is 0. The summed E-state index contributed by atoms with van der Waals surface area (Å²) in [5.74, 6) is 0.853. The summed E-state index contributed by atoms with van der Waals surface area (Å²) in [6, 6.07) is 9.67. The van der Waals surface area contributed by atoms with Crippen LogP contribution in [0.25, 0.3) is 0 Å². The van der Waals surface area contributed by atoms with Crippen molar-refractivity contribution >= 4 is 11.6 Å². The summed E-state index contributed by atoms with van der Waals surface area (Å²) >= 11 is 0. The first-order valence-corrected chi connectivity index (χ1v) is 4.93. The Morgan fingerprint density at radius 2 is 1.93 bits per heavy atom. The average molecular weight is 188 g/mol. The third-order valence-corrected chi connectivity index (χ3v) is 3.23. The fourth-order valence-corrected chi connectivity index (χ4v) is 1.85. The Kier molecular flexibility index (Phi) is 1.40. The number of carbonyl (C=O) groups is 1. The number of amides is 1. The van der Waals surface area contributed by atoms with Gasteiger partial charge in [-0.3, -0.25) is 15.6 Å². The lowest BCUT2D eigenvalue weighted by atomic mass is 10.2. The molecule has 0 heterocycles. The summed E-state index contributed by atoms with van der Waals surface area (Å²) in [7, 11) is 0. The standard InChI is InChI=1S/C11H12N2O/c14-10(11-6-8(11)7-11)13-12-9-4-2-1-3-5-9/h1-5,8,12H,6-7H2,(H,13,14). The van der Waals surface area contributed by atoms with Crippen LogP contribution in [0.2, 0.25) is 0 Å². The van der Waals surface area contributed by atoms with Crippen LogP contribution >= 0.6 is 0 Å². The number of nitrogens with one attached hydrogen (secondary N) is 2. The van der Waals surface area contributed by atoms with Gasteiger partial charge in [-0.05, 0) is 30.9 Å². The van der Waals surface area contributed by atoms with E-state index in [2.05, 4.69) is 10.9 Å². The predicted molar refractivity (Wildman–Crippen MR) is 53.4 cm³/mol. The van der Waals surface area contributed by atoms with Crippen LogP contribution in [0.4, 0.5) is 5.69 Å². The van der Waals surface area contributed by atoms with E-state index in [1.165, 1.54) is 0 Å². The van der Waals surface area contributed by atoms with Crippen molar-refractivity contribution in [1.29, 1.82) is 0 Å². The largest absolute Gasteiger partial charge is 0.299 e. The second-order valence-corrected chi connectivity index (χ2v) is 4.21. The average Bonchev–Trinajstić information content (AvgIpc) is 3.03. The Morgan fingerprint density at radius 1 is 1.29 bits per heavy atom. The molecule has 72 valence electrons. The van der Waals surface area contributed by atoms with E-state index in [0.717, 1.165) is 18.5 Å². The lowest BCUT2D eigenvalue weighted by Gasteiger charge is -2.09. The number of fused-ring (bicyclic) bond motifs is 1. The van der Waals surface area contributed by atoms with Crippen molar-refractivity contribution in [3.05, 3.63) is 30.3 Å². The minimum absolute atomic E-state index is 0.0434. The molecular formula is C11H12N2O. The molecule has 2 aliphatic carbocycles. The van der Waals surface area contributed by atoms with Crippen molar-refractivity contribution < 1.29 is 4.79 Å². The SMILES string of the molecule is O=C(NNc1ccccc1)C12CC1C2. The van der Waals surface area contributed by atoms with Crippen molar-refractivity contribution in [3.63, 3.8) is 0 Å². The van der Waals surface area contributed by atoms with Crippen molar-refractivity contribution in [3.8, 4) is 0 Å². The number of hydrogen-bond donors (Lipinski definition) is 2. The van der Waals surface area contributed by atoms with Gasteiger partial charge in [0, 0.05) is 0 Å². The number of carbonyl (C=O) groups excluding carboxylic acids is 1. The summed E-state index contributed by atoms with van der Waals surface area (Å²) in [5, 5.41) is 0. The number of benzene rings is 1. The molecule has 14 heavy (non-hydrogen) atoms. The maximum atomic E-state index is 11.6. The molecule has 2 N–H and O–H groups in total. The van der Waals surface area contributed by atoms with Crippen molar-refractivity contribution in [2.45, 2.75) is 12.8 Å². The van der Waals surface area contributed by atoms with E-state index in [1.807, 2.05) is 30.3 Å². The molecule has 1 aromatic rings. The molecule has 0 aromatic heterocycles. The molecule has 1 aromatic carbocycles. The second-order valence-electron chi connectivity index (χ2n) is 4.21. The van der Waals surface area contributed by atoms with E-state index in [0.29, 0.717) is 5.92 Å². The fraction of sp³-hybridized carbons (Fsp3) is 0.364. The minimum Gasteiger partial charge on any atom is -0.299 e. The first-order chi connectivity index (χ1) is 6.81. The van der Waals surface area contributed by atoms with Gasteiger partial charge in [0.1, 0.15) is 0 Å². The maximum absolute atomic E-state index is 11.6. The number of para-hydroxylation sites is 1. The van der Waals surface area contributed by atoms with Gasteiger partial charge in [0.2, 0.25) is 5.91 Å². The molecule has 3 nitrogen and oxygen atoms in total. The third kappa shape index (κ3) is 1.09. The molecule has 0 radical (unpaired) electrons. The van der Waals surface area contributed by atoms with Crippen LogP contribution < -0.4 is 10.9 Å². The Labute approximate surface area is 82.5 Å². The molecule has 2 saturated carbocycles. The molecule has 0 atom stereocenters. The van der Waals surface area contributed by atoms with Gasteiger partial charge in [-0.2, -0.15) is 0 Å². The summed E-state index contributed by atoms with van der Waals surface area (Å²) in [4.78, 5) is 11.6. The molecule has 1 amide bonds. The molecule has 0 unspecified atom stereocenters. The van der Waals surface area contributed by atoms with E-state index >= 15 is 0 Å². The Hall–Kier alpha value is -1.51. The molecule has 2 aliphatic rings. The van der Waals surface area contributed by atoms with Gasteiger partial charge in [-0.15, -0.1) is 0 Å². The molecular weight excluding hydrogens is 176 g/mol. The number of rotatable bonds is 3. The first kappa shape index (κ1) is 7.85. The summed E-state index contributed by atoms with van der Waals surface area (Å²) < 4.78 is 0. The van der Waals surface area contributed by atoms with Crippen LogP contribution in [0.3, 0.4) is 0 Å². The van der Waals surface area contributed by atoms with E-state index in [-0.39, 0.29) is 11.3 Å². The Morgan fingerprint density at radius 3 is 2.50 bits per heavy atom. The molecule has 0 saturated heterocycles. The smallest absolute Gasteiger partial charge is 0.244 e.